The van der Waals surface area contributed by atoms with Crippen molar-refractivity contribution in [2.75, 3.05) is 17.8 Å². The largest absolute Gasteiger partial charge is 0.389 e. The number of benzene rings is 3. The SMILES string of the molecule is O=C(c1ccc(NS(=O)(=O)c2cccc3nccnc23)cc1F)N1CCC(O)(Cc2ccccc2)CC1. The van der Waals surface area contributed by atoms with E-state index in [9.17, 15) is 22.7 Å². The molecular weight excluding hydrogens is 495 g/mol. The highest BCUT2D eigenvalue weighted by Gasteiger charge is 2.35. The Kier molecular flexibility index (Phi) is 6.61. The van der Waals surface area contributed by atoms with Gasteiger partial charge in [-0.15, -0.1) is 0 Å². The number of likely N-dealkylation sites (tertiary alicyclic amines) is 1. The average molecular weight is 521 g/mol. The van der Waals surface area contributed by atoms with Gasteiger partial charge in [-0.25, -0.2) is 12.8 Å². The van der Waals surface area contributed by atoms with Crippen LogP contribution in [0.15, 0.2) is 84.0 Å². The third-order valence-electron chi connectivity index (χ3n) is 6.56. The molecule has 190 valence electrons. The highest BCUT2D eigenvalue weighted by molar-refractivity contribution is 7.93. The van der Waals surface area contributed by atoms with E-state index >= 15 is 0 Å². The van der Waals surface area contributed by atoms with Gasteiger partial charge in [-0.05, 0) is 48.7 Å². The van der Waals surface area contributed by atoms with Gasteiger partial charge in [0, 0.05) is 31.9 Å². The minimum Gasteiger partial charge on any atom is -0.389 e. The summed E-state index contributed by atoms with van der Waals surface area (Å²) in [5.41, 5.74) is 0.518. The number of fused-ring (bicyclic) bond motifs is 1. The number of anilines is 1. The van der Waals surface area contributed by atoms with Crippen molar-refractivity contribution in [3.05, 3.63) is 96.1 Å². The Labute approximate surface area is 213 Å². The van der Waals surface area contributed by atoms with Crippen molar-refractivity contribution in [1.29, 1.82) is 0 Å². The molecule has 1 aliphatic rings. The first-order valence-corrected chi connectivity index (χ1v) is 13.3. The molecule has 4 aromatic rings. The Hall–Kier alpha value is -3.89. The molecule has 0 saturated carbocycles. The van der Waals surface area contributed by atoms with Gasteiger partial charge in [-0.1, -0.05) is 36.4 Å². The molecule has 37 heavy (non-hydrogen) atoms. The Balaban J connectivity index is 1.28. The van der Waals surface area contributed by atoms with Crippen LogP contribution in [0.1, 0.15) is 28.8 Å². The number of nitrogens with one attached hydrogen (secondary N) is 1. The van der Waals surface area contributed by atoms with Crippen LogP contribution in [0, 0.1) is 5.82 Å². The number of aromatic nitrogens is 2. The van der Waals surface area contributed by atoms with Crippen molar-refractivity contribution in [3.63, 3.8) is 0 Å². The molecule has 0 atom stereocenters. The third-order valence-corrected chi connectivity index (χ3v) is 7.97. The summed E-state index contributed by atoms with van der Waals surface area (Å²) in [6, 6.07) is 17.8. The summed E-state index contributed by atoms with van der Waals surface area (Å²) >= 11 is 0. The Bertz CT molecular complexity index is 1550. The molecule has 2 heterocycles. The average Bonchev–Trinajstić information content (AvgIpc) is 2.89. The van der Waals surface area contributed by atoms with E-state index in [-0.39, 0.29) is 34.8 Å². The monoisotopic (exact) mass is 520 g/mol. The van der Waals surface area contributed by atoms with E-state index in [0.717, 1.165) is 11.6 Å². The van der Waals surface area contributed by atoms with Crippen LogP contribution in [0.5, 0.6) is 0 Å². The van der Waals surface area contributed by atoms with Crippen molar-refractivity contribution in [3.8, 4) is 0 Å². The van der Waals surface area contributed by atoms with E-state index in [1.165, 1.54) is 35.5 Å². The quantitative estimate of drug-likeness (QED) is 0.400. The molecule has 1 saturated heterocycles. The predicted molar refractivity (Wildman–Crippen MR) is 137 cm³/mol. The number of sulfonamides is 1. The van der Waals surface area contributed by atoms with Crippen molar-refractivity contribution in [2.24, 2.45) is 0 Å². The van der Waals surface area contributed by atoms with Gasteiger partial charge >= 0.3 is 0 Å². The lowest BCUT2D eigenvalue weighted by molar-refractivity contribution is -0.0163. The second-order valence-corrected chi connectivity index (χ2v) is 10.8. The molecule has 3 aromatic carbocycles. The van der Waals surface area contributed by atoms with Gasteiger partial charge in [0.05, 0.1) is 22.4 Å². The summed E-state index contributed by atoms with van der Waals surface area (Å²) < 4.78 is 43.3. The number of amides is 1. The van der Waals surface area contributed by atoms with E-state index in [1.807, 2.05) is 30.3 Å². The van der Waals surface area contributed by atoms with Gasteiger partial charge < -0.3 is 10.0 Å². The van der Waals surface area contributed by atoms with Crippen LogP contribution >= 0.6 is 0 Å². The predicted octanol–water partition coefficient (Wildman–Crippen LogP) is 3.78. The molecule has 8 nitrogen and oxygen atoms in total. The summed E-state index contributed by atoms with van der Waals surface area (Å²) in [6.45, 7) is 0.580. The Morgan fingerprint density at radius 1 is 1.00 bits per heavy atom. The number of halogens is 1. The number of hydrogen-bond acceptors (Lipinski definition) is 6. The number of nitrogens with zero attached hydrogens (tertiary/aromatic N) is 3. The van der Waals surface area contributed by atoms with Crippen LogP contribution in [0.2, 0.25) is 0 Å². The topological polar surface area (TPSA) is 112 Å². The first-order chi connectivity index (χ1) is 17.7. The van der Waals surface area contributed by atoms with Gasteiger partial charge in [-0.2, -0.15) is 0 Å². The summed E-state index contributed by atoms with van der Waals surface area (Å²) in [5.74, 6) is -1.34. The molecule has 1 fully saturated rings. The van der Waals surface area contributed by atoms with Crippen LogP contribution in [-0.4, -0.2) is 53.0 Å². The fourth-order valence-corrected chi connectivity index (χ4v) is 5.81. The summed E-state index contributed by atoms with van der Waals surface area (Å²) in [6.07, 6.45) is 4.09. The van der Waals surface area contributed by atoms with E-state index < -0.39 is 27.3 Å². The molecule has 0 spiro atoms. The first-order valence-electron chi connectivity index (χ1n) is 11.8. The Morgan fingerprint density at radius 3 is 2.46 bits per heavy atom. The lowest BCUT2D eigenvalue weighted by Gasteiger charge is -2.38. The maximum absolute atomic E-state index is 15.0. The minimum absolute atomic E-state index is 0.0224. The zero-order valence-corrected chi connectivity index (χ0v) is 20.7. The molecule has 2 N–H and O–H groups in total. The second-order valence-electron chi connectivity index (χ2n) is 9.16. The number of hydrogen-bond donors (Lipinski definition) is 2. The number of rotatable bonds is 6. The smallest absolute Gasteiger partial charge is 0.264 e. The normalized spacial score (nSPS) is 15.5. The highest BCUT2D eigenvalue weighted by Crippen LogP contribution is 2.28. The minimum atomic E-state index is -4.09. The number of aliphatic hydroxyl groups is 1. The second kappa shape index (κ2) is 9.87. The number of piperidine rings is 1. The summed E-state index contributed by atoms with van der Waals surface area (Å²) in [7, 11) is -4.09. The van der Waals surface area contributed by atoms with Crippen LogP contribution in [0.25, 0.3) is 11.0 Å². The molecule has 1 aliphatic heterocycles. The molecule has 5 rings (SSSR count). The van der Waals surface area contributed by atoms with Gasteiger partial charge in [0.15, 0.2) is 0 Å². The van der Waals surface area contributed by atoms with Gasteiger partial charge in [0.2, 0.25) is 0 Å². The van der Waals surface area contributed by atoms with Gasteiger partial charge in [0.25, 0.3) is 15.9 Å². The number of carbonyl (C=O) groups excluding carboxylic acids is 1. The standard InChI is InChI=1S/C27H25FN4O4S/c28-22-17-20(31-37(35,36)24-8-4-7-23-25(24)30-14-13-29-23)9-10-21(22)26(33)32-15-11-27(34,12-16-32)18-19-5-2-1-3-6-19/h1-10,13-14,17,31,34H,11-12,15-16,18H2. The van der Waals surface area contributed by atoms with Gasteiger partial charge in [0.1, 0.15) is 16.2 Å². The summed E-state index contributed by atoms with van der Waals surface area (Å²) in [5, 5.41) is 11.0. The fraction of sp³-hybridized carbons (Fsp3) is 0.222. The van der Waals surface area contributed by atoms with Crippen molar-refractivity contribution >= 4 is 32.7 Å². The maximum Gasteiger partial charge on any atom is 0.264 e. The molecule has 10 heteroatoms. The molecule has 1 aromatic heterocycles. The van der Waals surface area contributed by atoms with Crippen LogP contribution in [-0.2, 0) is 16.4 Å². The van der Waals surface area contributed by atoms with E-state index in [4.69, 9.17) is 0 Å². The maximum atomic E-state index is 15.0. The van der Waals surface area contributed by atoms with Gasteiger partial charge in [-0.3, -0.25) is 19.5 Å². The van der Waals surface area contributed by atoms with Crippen molar-refractivity contribution in [2.45, 2.75) is 29.8 Å². The van der Waals surface area contributed by atoms with Crippen LogP contribution in [0.3, 0.4) is 0 Å². The molecular formula is C27H25FN4O4S. The summed E-state index contributed by atoms with van der Waals surface area (Å²) in [4.78, 5) is 22.6. The molecule has 0 radical (unpaired) electrons. The van der Waals surface area contributed by atoms with Crippen molar-refractivity contribution < 1.29 is 22.7 Å². The lowest BCUT2D eigenvalue weighted by atomic mass is 9.85. The van der Waals surface area contributed by atoms with E-state index in [0.29, 0.717) is 24.8 Å². The number of para-hydroxylation sites is 1. The zero-order valence-electron chi connectivity index (χ0n) is 19.8. The van der Waals surface area contributed by atoms with Crippen LogP contribution < -0.4 is 4.72 Å². The first kappa shape index (κ1) is 24.8. The molecule has 1 amide bonds. The lowest BCUT2D eigenvalue weighted by Crippen LogP contribution is -2.47. The highest BCUT2D eigenvalue weighted by atomic mass is 32.2. The molecule has 0 bridgehead atoms. The van der Waals surface area contributed by atoms with E-state index in [2.05, 4.69) is 14.7 Å². The van der Waals surface area contributed by atoms with Crippen LogP contribution in [0.4, 0.5) is 10.1 Å². The molecule has 0 unspecified atom stereocenters. The van der Waals surface area contributed by atoms with Crippen molar-refractivity contribution in [1.82, 2.24) is 14.9 Å². The fourth-order valence-electron chi connectivity index (χ4n) is 4.59. The zero-order chi connectivity index (χ0) is 26.0. The molecule has 0 aliphatic carbocycles. The van der Waals surface area contributed by atoms with E-state index in [1.54, 1.807) is 12.1 Å². The number of carbonyl (C=O) groups is 1. The Morgan fingerprint density at radius 2 is 1.73 bits per heavy atom. The third kappa shape index (κ3) is 5.30.